The molecule has 1 aromatic carbocycles. The lowest BCUT2D eigenvalue weighted by Gasteiger charge is -2.06. The molecule has 0 saturated carbocycles. The van der Waals surface area contributed by atoms with Crippen molar-refractivity contribution in [3.8, 4) is 11.3 Å². The first-order valence-electron chi connectivity index (χ1n) is 7.96. The number of nitrogens with one attached hydrogen (secondary N) is 1. The molecular weight excluding hydrogens is 312 g/mol. The van der Waals surface area contributed by atoms with E-state index in [4.69, 9.17) is 0 Å². The van der Waals surface area contributed by atoms with E-state index in [1.807, 2.05) is 60.1 Å². The Labute approximate surface area is 145 Å². The van der Waals surface area contributed by atoms with Crippen LogP contribution in [0, 0.1) is 6.92 Å². The molecule has 3 aromatic heterocycles. The Kier molecular flexibility index (Phi) is 3.74. The van der Waals surface area contributed by atoms with Gasteiger partial charge >= 0.3 is 0 Å². The highest BCUT2D eigenvalue weighted by Gasteiger charge is 2.08. The molecule has 0 aliphatic rings. The van der Waals surface area contributed by atoms with E-state index >= 15 is 0 Å². The van der Waals surface area contributed by atoms with Crippen LogP contribution in [-0.2, 0) is 0 Å². The van der Waals surface area contributed by atoms with Crippen molar-refractivity contribution in [2.75, 3.05) is 5.32 Å². The van der Waals surface area contributed by atoms with E-state index in [2.05, 4.69) is 15.3 Å². The summed E-state index contributed by atoms with van der Waals surface area (Å²) in [5.74, 6) is -0.162. The van der Waals surface area contributed by atoms with Crippen molar-refractivity contribution < 1.29 is 4.79 Å². The summed E-state index contributed by atoms with van der Waals surface area (Å²) >= 11 is 0. The number of fused-ring (bicyclic) bond motifs is 1. The van der Waals surface area contributed by atoms with Crippen molar-refractivity contribution in [1.29, 1.82) is 0 Å². The first-order valence-corrected chi connectivity index (χ1v) is 7.96. The molecule has 122 valence electrons. The maximum absolute atomic E-state index is 12.3. The van der Waals surface area contributed by atoms with Gasteiger partial charge in [0.25, 0.3) is 5.91 Å². The van der Waals surface area contributed by atoms with E-state index in [1.54, 1.807) is 24.5 Å². The molecule has 0 aliphatic carbocycles. The van der Waals surface area contributed by atoms with Gasteiger partial charge in [-0.2, -0.15) is 0 Å². The summed E-state index contributed by atoms with van der Waals surface area (Å²) in [5, 5.41) is 2.91. The minimum atomic E-state index is -0.162. The summed E-state index contributed by atoms with van der Waals surface area (Å²) in [6.07, 6.45) is 7.24. The highest BCUT2D eigenvalue weighted by atomic mass is 16.1. The van der Waals surface area contributed by atoms with Crippen LogP contribution in [0.15, 0.2) is 73.3 Å². The van der Waals surface area contributed by atoms with Gasteiger partial charge in [-0.05, 0) is 42.8 Å². The summed E-state index contributed by atoms with van der Waals surface area (Å²) in [6, 6.07) is 15.1. The zero-order valence-corrected chi connectivity index (χ0v) is 13.7. The van der Waals surface area contributed by atoms with Gasteiger partial charge < -0.3 is 9.72 Å². The number of carbonyl (C=O) groups is 1. The number of carbonyl (C=O) groups excluding carboxylic acids is 1. The Morgan fingerprint density at radius 2 is 1.88 bits per heavy atom. The Morgan fingerprint density at radius 3 is 2.72 bits per heavy atom. The van der Waals surface area contributed by atoms with Gasteiger partial charge in [0.15, 0.2) is 0 Å². The van der Waals surface area contributed by atoms with Crippen LogP contribution in [0.2, 0.25) is 0 Å². The lowest BCUT2D eigenvalue weighted by molar-refractivity contribution is 0.102. The second-order valence-electron chi connectivity index (χ2n) is 5.87. The molecule has 5 nitrogen and oxygen atoms in total. The monoisotopic (exact) mass is 328 g/mol. The third kappa shape index (κ3) is 3.12. The molecule has 4 aromatic rings. The highest BCUT2D eigenvalue weighted by molar-refractivity contribution is 6.04. The van der Waals surface area contributed by atoms with Gasteiger partial charge in [-0.25, -0.2) is 4.98 Å². The van der Waals surface area contributed by atoms with E-state index in [-0.39, 0.29) is 5.91 Å². The van der Waals surface area contributed by atoms with Gasteiger partial charge in [-0.15, -0.1) is 0 Å². The molecule has 1 N–H and O–H groups in total. The Hall–Kier alpha value is -3.47. The van der Waals surface area contributed by atoms with Gasteiger partial charge in [0.05, 0.1) is 5.69 Å². The minimum Gasteiger partial charge on any atom is -0.322 e. The van der Waals surface area contributed by atoms with Gasteiger partial charge in [0.2, 0.25) is 0 Å². The Bertz CT molecular complexity index is 1050. The van der Waals surface area contributed by atoms with Crippen LogP contribution in [0.3, 0.4) is 0 Å². The van der Waals surface area contributed by atoms with E-state index < -0.39 is 0 Å². The maximum atomic E-state index is 12.3. The summed E-state index contributed by atoms with van der Waals surface area (Å²) in [6.45, 7) is 2.05. The molecule has 0 saturated heterocycles. The Morgan fingerprint density at radius 1 is 1.04 bits per heavy atom. The predicted molar refractivity (Wildman–Crippen MR) is 97.6 cm³/mol. The smallest absolute Gasteiger partial charge is 0.255 e. The summed E-state index contributed by atoms with van der Waals surface area (Å²) in [7, 11) is 0. The lowest BCUT2D eigenvalue weighted by Crippen LogP contribution is -2.11. The number of nitrogens with zero attached hydrogens (tertiary/aromatic N) is 3. The van der Waals surface area contributed by atoms with E-state index in [9.17, 15) is 4.79 Å². The first kappa shape index (κ1) is 15.1. The number of benzene rings is 1. The van der Waals surface area contributed by atoms with E-state index in [0.29, 0.717) is 5.56 Å². The molecule has 0 fully saturated rings. The lowest BCUT2D eigenvalue weighted by atomic mass is 10.1. The molecule has 0 radical (unpaired) electrons. The third-order valence-corrected chi connectivity index (χ3v) is 3.96. The second kappa shape index (κ2) is 6.20. The van der Waals surface area contributed by atoms with Crippen molar-refractivity contribution in [2.45, 2.75) is 6.92 Å². The van der Waals surface area contributed by atoms with Gasteiger partial charge in [-0.3, -0.25) is 9.78 Å². The molecule has 0 bridgehead atoms. The van der Waals surface area contributed by atoms with Gasteiger partial charge in [0, 0.05) is 41.6 Å². The quantitative estimate of drug-likeness (QED) is 0.619. The predicted octanol–water partition coefficient (Wildman–Crippen LogP) is 3.96. The van der Waals surface area contributed by atoms with Crippen LogP contribution in [0.4, 0.5) is 5.69 Å². The molecule has 0 unspecified atom stereocenters. The third-order valence-electron chi connectivity index (χ3n) is 3.96. The molecule has 0 spiro atoms. The van der Waals surface area contributed by atoms with E-state index in [0.717, 1.165) is 22.6 Å². The largest absolute Gasteiger partial charge is 0.322 e. The summed E-state index contributed by atoms with van der Waals surface area (Å²) < 4.78 is 2.01. The number of hydrogen-bond acceptors (Lipinski definition) is 3. The minimum absolute atomic E-state index is 0.162. The molecule has 3 heterocycles. The SMILES string of the molecule is Cc1ccc2nc(-c3cccc(NC(=O)c4ccncc4)c3)cn2c1. The number of amides is 1. The number of anilines is 1. The van der Waals surface area contributed by atoms with Crippen molar-refractivity contribution in [3.05, 3.63) is 84.4 Å². The Balaban J connectivity index is 1.63. The number of aryl methyl sites for hydroxylation is 1. The molecule has 4 rings (SSSR count). The van der Waals surface area contributed by atoms with Crippen LogP contribution in [0.1, 0.15) is 15.9 Å². The molecular formula is C20H16N4O. The average molecular weight is 328 g/mol. The van der Waals surface area contributed by atoms with Gasteiger partial charge in [-0.1, -0.05) is 18.2 Å². The normalized spacial score (nSPS) is 10.8. The molecule has 0 atom stereocenters. The molecule has 25 heavy (non-hydrogen) atoms. The van der Waals surface area contributed by atoms with Crippen molar-refractivity contribution >= 4 is 17.2 Å². The summed E-state index contributed by atoms with van der Waals surface area (Å²) in [4.78, 5) is 20.9. The standard InChI is InChI=1S/C20H16N4O/c1-14-5-6-19-23-18(13-24(19)12-14)16-3-2-4-17(11-16)22-20(25)15-7-9-21-10-8-15/h2-13H,1H3,(H,22,25). The molecule has 5 heteroatoms. The zero-order chi connectivity index (χ0) is 17.2. The topological polar surface area (TPSA) is 59.3 Å². The van der Waals surface area contributed by atoms with Crippen LogP contribution in [0.5, 0.6) is 0 Å². The fraction of sp³-hybridized carbons (Fsp3) is 0.0500. The van der Waals surface area contributed by atoms with Crippen LogP contribution in [0.25, 0.3) is 16.9 Å². The van der Waals surface area contributed by atoms with Crippen molar-refractivity contribution in [2.24, 2.45) is 0 Å². The van der Waals surface area contributed by atoms with Crippen molar-refractivity contribution in [1.82, 2.24) is 14.4 Å². The van der Waals surface area contributed by atoms with Gasteiger partial charge in [0.1, 0.15) is 5.65 Å². The molecule has 0 aliphatic heterocycles. The summed E-state index contributed by atoms with van der Waals surface area (Å²) in [5.41, 5.74) is 5.19. The zero-order valence-electron chi connectivity index (χ0n) is 13.7. The number of hydrogen-bond donors (Lipinski definition) is 1. The highest BCUT2D eigenvalue weighted by Crippen LogP contribution is 2.23. The first-order chi connectivity index (χ1) is 12.2. The van der Waals surface area contributed by atoms with Crippen LogP contribution >= 0.6 is 0 Å². The fourth-order valence-electron chi connectivity index (χ4n) is 2.70. The fourth-order valence-corrected chi connectivity index (χ4v) is 2.70. The molecule has 1 amide bonds. The number of rotatable bonds is 3. The number of pyridine rings is 2. The van der Waals surface area contributed by atoms with Crippen molar-refractivity contribution in [3.63, 3.8) is 0 Å². The number of imidazole rings is 1. The maximum Gasteiger partial charge on any atom is 0.255 e. The average Bonchev–Trinajstić information content (AvgIpc) is 3.06. The number of aromatic nitrogens is 3. The second-order valence-corrected chi connectivity index (χ2v) is 5.87. The van der Waals surface area contributed by atoms with Crippen LogP contribution < -0.4 is 5.32 Å². The van der Waals surface area contributed by atoms with Crippen LogP contribution in [-0.4, -0.2) is 20.3 Å². The van der Waals surface area contributed by atoms with E-state index in [1.165, 1.54) is 5.56 Å².